The average Bonchev–Trinajstić information content (AvgIpc) is 2.80. The third kappa shape index (κ3) is 15.3. The van der Waals surface area contributed by atoms with Gasteiger partial charge in [0.15, 0.2) is 0 Å². The molecule has 0 aliphatic carbocycles. The first kappa shape index (κ1) is 27.5. The number of benzene rings is 1. The lowest BCUT2D eigenvalue weighted by atomic mass is 10.3. The van der Waals surface area contributed by atoms with Crippen molar-refractivity contribution < 1.29 is 42.9 Å². The van der Waals surface area contributed by atoms with Crippen molar-refractivity contribution >= 4 is 11.7 Å². The summed E-state index contributed by atoms with van der Waals surface area (Å²) in [7, 11) is 0. The number of carbonyl (C=O) groups is 1. The van der Waals surface area contributed by atoms with E-state index in [4.69, 9.17) is 33.2 Å². The van der Waals surface area contributed by atoms with Crippen molar-refractivity contribution in [3.05, 3.63) is 47.0 Å². The minimum atomic E-state index is -0.468. The third-order valence-corrected chi connectivity index (χ3v) is 3.67. The molecule has 0 unspecified atom stereocenters. The number of carbonyl (C=O) groups excluding carboxylic acids is 1. The van der Waals surface area contributed by atoms with Crippen LogP contribution in [0.1, 0.15) is 0 Å². The summed E-state index contributed by atoms with van der Waals surface area (Å²) >= 11 is 0. The molecule has 0 aliphatic heterocycles. The second kappa shape index (κ2) is 19.1. The van der Waals surface area contributed by atoms with Crippen LogP contribution in [-0.2, 0) is 33.2 Å². The number of nitro benzene ring substituents is 1. The number of nitro groups is 1. The fourth-order valence-electron chi connectivity index (χ4n) is 2.12. The molecule has 32 heavy (non-hydrogen) atoms. The molecule has 0 amide bonds. The van der Waals surface area contributed by atoms with Crippen LogP contribution in [0.15, 0.2) is 36.9 Å². The van der Waals surface area contributed by atoms with Crippen molar-refractivity contribution in [2.24, 2.45) is 0 Å². The second-order valence-corrected chi connectivity index (χ2v) is 6.03. The normalized spacial score (nSPS) is 10.6. The Morgan fingerprint density at radius 2 is 1.16 bits per heavy atom. The number of esters is 1. The van der Waals surface area contributed by atoms with Crippen molar-refractivity contribution in [1.82, 2.24) is 0 Å². The van der Waals surface area contributed by atoms with E-state index in [9.17, 15) is 14.9 Å². The lowest BCUT2D eigenvalue weighted by molar-refractivity contribution is -0.384. The fourth-order valence-corrected chi connectivity index (χ4v) is 2.12. The predicted octanol–water partition coefficient (Wildman–Crippen LogP) is 1.79. The van der Waals surface area contributed by atoms with Gasteiger partial charge in [-0.25, -0.2) is 4.79 Å². The molecule has 0 radical (unpaired) electrons. The largest absolute Gasteiger partial charge is 0.491 e. The molecule has 0 atom stereocenters. The van der Waals surface area contributed by atoms with Gasteiger partial charge in [-0.1, -0.05) is 6.58 Å². The minimum absolute atomic E-state index is 0.0225. The topological polar surface area (TPSA) is 125 Å². The van der Waals surface area contributed by atoms with Crippen molar-refractivity contribution in [2.75, 3.05) is 79.3 Å². The van der Waals surface area contributed by atoms with Crippen LogP contribution in [0.5, 0.6) is 5.75 Å². The standard InChI is InChI=1S/C21H31NO10/c1-2-21(23)32-18-16-30-14-12-28-10-8-26-7-9-27-11-13-29-15-17-31-20-5-3-19(4-6-20)22(24)25/h2-6H,1,7-18H2. The molecule has 0 aliphatic rings. The quantitative estimate of drug-likeness (QED) is 0.0887. The molecule has 0 saturated carbocycles. The summed E-state index contributed by atoms with van der Waals surface area (Å²) in [6.45, 7) is 8.05. The maximum Gasteiger partial charge on any atom is 0.330 e. The second-order valence-electron chi connectivity index (χ2n) is 6.03. The number of rotatable bonds is 21. The molecule has 0 N–H and O–H groups in total. The number of ether oxygens (including phenoxy) is 7. The smallest absolute Gasteiger partial charge is 0.330 e. The molecule has 0 aromatic heterocycles. The monoisotopic (exact) mass is 457 g/mol. The first-order valence-corrected chi connectivity index (χ1v) is 10.2. The van der Waals surface area contributed by atoms with Gasteiger partial charge in [0.25, 0.3) is 5.69 Å². The van der Waals surface area contributed by atoms with Crippen LogP contribution < -0.4 is 4.74 Å². The molecular formula is C21H31NO10. The van der Waals surface area contributed by atoms with Crippen molar-refractivity contribution in [3.63, 3.8) is 0 Å². The Morgan fingerprint density at radius 3 is 1.56 bits per heavy atom. The summed E-state index contributed by atoms with van der Waals surface area (Å²) in [4.78, 5) is 20.9. The van der Waals surface area contributed by atoms with E-state index in [1.54, 1.807) is 12.1 Å². The number of hydrogen-bond donors (Lipinski definition) is 0. The van der Waals surface area contributed by atoms with E-state index in [2.05, 4.69) is 6.58 Å². The van der Waals surface area contributed by atoms with Gasteiger partial charge in [-0.15, -0.1) is 0 Å². The van der Waals surface area contributed by atoms with E-state index in [0.717, 1.165) is 6.08 Å². The molecule has 0 spiro atoms. The van der Waals surface area contributed by atoms with Crippen LogP contribution in [0.4, 0.5) is 5.69 Å². The number of hydrogen-bond acceptors (Lipinski definition) is 10. The summed E-state index contributed by atoms with van der Waals surface area (Å²) < 4.78 is 36.9. The Balaban J connectivity index is 1.76. The van der Waals surface area contributed by atoms with Gasteiger partial charge in [-0.2, -0.15) is 0 Å². The highest BCUT2D eigenvalue weighted by atomic mass is 16.6. The molecule has 1 aromatic carbocycles. The van der Waals surface area contributed by atoms with Gasteiger partial charge in [0.05, 0.1) is 71.0 Å². The van der Waals surface area contributed by atoms with Gasteiger partial charge in [-0.3, -0.25) is 10.1 Å². The Morgan fingerprint density at radius 1 is 0.750 bits per heavy atom. The van der Waals surface area contributed by atoms with E-state index in [-0.39, 0.29) is 12.3 Å². The zero-order valence-electron chi connectivity index (χ0n) is 18.1. The van der Waals surface area contributed by atoms with E-state index < -0.39 is 10.9 Å². The zero-order chi connectivity index (χ0) is 23.3. The molecule has 11 heteroatoms. The van der Waals surface area contributed by atoms with Crippen molar-refractivity contribution in [1.29, 1.82) is 0 Å². The molecule has 1 rings (SSSR count). The van der Waals surface area contributed by atoms with Gasteiger partial charge in [0.2, 0.25) is 0 Å². The van der Waals surface area contributed by atoms with E-state index in [0.29, 0.717) is 78.4 Å². The van der Waals surface area contributed by atoms with Gasteiger partial charge in [0, 0.05) is 18.2 Å². The van der Waals surface area contributed by atoms with Crippen LogP contribution in [0, 0.1) is 10.1 Å². The Bertz CT molecular complexity index is 638. The van der Waals surface area contributed by atoms with Crippen LogP contribution >= 0.6 is 0 Å². The summed E-state index contributed by atoms with van der Waals surface area (Å²) in [6, 6.07) is 5.88. The third-order valence-electron chi connectivity index (χ3n) is 3.67. The number of nitrogens with zero attached hydrogens (tertiary/aromatic N) is 1. The summed E-state index contributed by atoms with van der Waals surface area (Å²) in [5.74, 6) is 0.0839. The Hall–Kier alpha value is -2.57. The van der Waals surface area contributed by atoms with Gasteiger partial charge in [-0.05, 0) is 12.1 Å². The van der Waals surface area contributed by atoms with E-state index in [1.807, 2.05) is 0 Å². The highest BCUT2D eigenvalue weighted by molar-refractivity contribution is 5.81. The fraction of sp³-hybridized carbons (Fsp3) is 0.571. The predicted molar refractivity (Wildman–Crippen MR) is 114 cm³/mol. The minimum Gasteiger partial charge on any atom is -0.491 e. The molecule has 0 saturated heterocycles. The SMILES string of the molecule is C=CC(=O)OCCOCCOCCOCCOCCOCCOc1ccc([N+](=O)[O-])cc1. The van der Waals surface area contributed by atoms with E-state index >= 15 is 0 Å². The molecule has 0 fully saturated rings. The molecule has 180 valence electrons. The zero-order valence-corrected chi connectivity index (χ0v) is 18.1. The van der Waals surface area contributed by atoms with Crippen molar-refractivity contribution in [2.45, 2.75) is 0 Å². The lowest BCUT2D eigenvalue weighted by Crippen LogP contribution is -2.15. The molecule has 0 bridgehead atoms. The Kier molecular flexibility index (Phi) is 16.4. The summed E-state index contributed by atoms with van der Waals surface area (Å²) in [5.41, 5.74) is 0.0225. The average molecular weight is 457 g/mol. The van der Waals surface area contributed by atoms with Crippen LogP contribution in [0.3, 0.4) is 0 Å². The van der Waals surface area contributed by atoms with Crippen molar-refractivity contribution in [3.8, 4) is 5.75 Å². The van der Waals surface area contributed by atoms with E-state index in [1.165, 1.54) is 12.1 Å². The Labute approximate surface area is 187 Å². The van der Waals surface area contributed by atoms with Crippen LogP contribution in [0.25, 0.3) is 0 Å². The molecule has 1 aromatic rings. The first-order valence-electron chi connectivity index (χ1n) is 10.2. The van der Waals surface area contributed by atoms with Gasteiger partial charge < -0.3 is 33.2 Å². The molecule has 11 nitrogen and oxygen atoms in total. The summed E-state index contributed by atoms with van der Waals surface area (Å²) in [5, 5.41) is 10.6. The van der Waals surface area contributed by atoms with Gasteiger partial charge >= 0.3 is 5.97 Å². The summed E-state index contributed by atoms with van der Waals surface area (Å²) in [6.07, 6.45) is 1.10. The maximum atomic E-state index is 10.8. The molecule has 0 heterocycles. The van der Waals surface area contributed by atoms with Crippen LogP contribution in [-0.4, -0.2) is 90.2 Å². The van der Waals surface area contributed by atoms with Crippen LogP contribution in [0.2, 0.25) is 0 Å². The first-order chi connectivity index (χ1) is 15.6. The highest BCUT2D eigenvalue weighted by Crippen LogP contribution is 2.16. The highest BCUT2D eigenvalue weighted by Gasteiger charge is 2.04. The number of non-ortho nitro benzene ring substituents is 1. The maximum absolute atomic E-state index is 10.8. The molecular weight excluding hydrogens is 426 g/mol. The van der Waals surface area contributed by atoms with Gasteiger partial charge in [0.1, 0.15) is 19.0 Å². The lowest BCUT2D eigenvalue weighted by Gasteiger charge is -2.08.